The summed E-state index contributed by atoms with van der Waals surface area (Å²) in [5, 5.41) is 2.45. The molecule has 0 atom stereocenters. The van der Waals surface area contributed by atoms with Crippen LogP contribution in [0, 0.1) is 0 Å². The number of hydrogen-bond donors (Lipinski definition) is 1. The highest BCUT2D eigenvalue weighted by molar-refractivity contribution is 6.04. The lowest BCUT2D eigenvalue weighted by molar-refractivity contribution is -0.141. The van der Waals surface area contributed by atoms with Crippen LogP contribution in [0.2, 0.25) is 0 Å². The lowest BCUT2D eigenvalue weighted by Crippen LogP contribution is -2.20. The summed E-state index contributed by atoms with van der Waals surface area (Å²) in [5.41, 5.74) is -1.27. The van der Waals surface area contributed by atoms with Gasteiger partial charge in [-0.2, -0.15) is 13.2 Å². The molecule has 0 saturated heterocycles. The maximum Gasteiger partial charge on any atom is 0.435 e. The average Bonchev–Trinajstić information content (AvgIpc) is 2.88. The molecule has 0 unspecified atom stereocenters. The van der Waals surface area contributed by atoms with Crippen molar-refractivity contribution in [1.82, 2.24) is 9.38 Å². The number of benzene rings is 1. The number of carbonyl (C=O) groups is 1. The maximum absolute atomic E-state index is 13.1. The zero-order valence-electron chi connectivity index (χ0n) is 11.1. The average molecular weight is 305 g/mol. The Morgan fingerprint density at radius 2 is 1.73 bits per heavy atom. The van der Waals surface area contributed by atoms with Crippen LogP contribution in [0.4, 0.5) is 18.9 Å². The van der Waals surface area contributed by atoms with Gasteiger partial charge in [-0.05, 0) is 24.3 Å². The van der Waals surface area contributed by atoms with E-state index in [1.54, 1.807) is 36.4 Å². The third-order valence-corrected chi connectivity index (χ3v) is 3.05. The maximum atomic E-state index is 13.1. The van der Waals surface area contributed by atoms with E-state index in [0.717, 1.165) is 4.40 Å². The quantitative estimate of drug-likeness (QED) is 0.786. The summed E-state index contributed by atoms with van der Waals surface area (Å²) in [6.07, 6.45) is -3.34. The summed E-state index contributed by atoms with van der Waals surface area (Å²) in [7, 11) is 0. The van der Waals surface area contributed by atoms with Crippen molar-refractivity contribution < 1.29 is 18.0 Å². The minimum Gasteiger partial charge on any atom is -0.321 e. The van der Waals surface area contributed by atoms with Crippen molar-refractivity contribution in [3.8, 4) is 0 Å². The number of aromatic nitrogens is 2. The summed E-state index contributed by atoms with van der Waals surface area (Å²) in [5.74, 6) is -0.864. The monoisotopic (exact) mass is 305 g/mol. The van der Waals surface area contributed by atoms with Crippen molar-refractivity contribution in [2.75, 3.05) is 5.32 Å². The highest BCUT2D eigenvalue weighted by Gasteiger charge is 2.40. The van der Waals surface area contributed by atoms with Crippen LogP contribution in [0.15, 0.2) is 54.7 Å². The normalized spacial score (nSPS) is 11.6. The summed E-state index contributed by atoms with van der Waals surface area (Å²) in [6.45, 7) is 0. The number of nitrogens with one attached hydrogen (secondary N) is 1. The van der Waals surface area contributed by atoms with E-state index in [1.807, 2.05) is 0 Å². The van der Waals surface area contributed by atoms with Crippen LogP contribution < -0.4 is 5.32 Å². The Bertz CT molecular complexity index is 825. The van der Waals surface area contributed by atoms with E-state index in [0.29, 0.717) is 5.69 Å². The standard InChI is InChI=1S/C15H10F3N3O/c16-15(17,18)13-12(21-9-5-4-8-11(21)20-13)14(22)19-10-6-2-1-3-7-10/h1-9H,(H,19,22). The van der Waals surface area contributed by atoms with Gasteiger partial charge < -0.3 is 5.32 Å². The van der Waals surface area contributed by atoms with Crippen LogP contribution in [-0.2, 0) is 6.18 Å². The first-order valence-electron chi connectivity index (χ1n) is 6.37. The van der Waals surface area contributed by atoms with Crippen molar-refractivity contribution in [1.29, 1.82) is 0 Å². The molecule has 112 valence electrons. The van der Waals surface area contributed by atoms with Crippen molar-refractivity contribution in [2.24, 2.45) is 0 Å². The third-order valence-electron chi connectivity index (χ3n) is 3.05. The van der Waals surface area contributed by atoms with E-state index in [4.69, 9.17) is 0 Å². The fourth-order valence-corrected chi connectivity index (χ4v) is 2.12. The minimum absolute atomic E-state index is 0.0630. The van der Waals surface area contributed by atoms with Crippen molar-refractivity contribution >= 4 is 17.2 Å². The van der Waals surface area contributed by atoms with Gasteiger partial charge in [0.25, 0.3) is 5.91 Å². The summed E-state index contributed by atoms with van der Waals surface area (Å²) in [6, 6.07) is 12.8. The fraction of sp³-hybridized carbons (Fsp3) is 0.0667. The number of anilines is 1. The van der Waals surface area contributed by atoms with Crippen molar-refractivity contribution in [3.63, 3.8) is 0 Å². The number of alkyl halides is 3. The Kier molecular flexibility index (Phi) is 3.32. The highest BCUT2D eigenvalue weighted by atomic mass is 19.4. The molecule has 0 bridgehead atoms. The molecule has 0 spiro atoms. The number of nitrogens with zero attached hydrogens (tertiary/aromatic N) is 2. The molecule has 0 aliphatic heterocycles. The number of amides is 1. The molecule has 4 nitrogen and oxygen atoms in total. The van der Waals surface area contributed by atoms with Crippen LogP contribution in [0.3, 0.4) is 0 Å². The number of halogens is 3. The molecule has 0 aliphatic rings. The van der Waals surface area contributed by atoms with Gasteiger partial charge in [0.05, 0.1) is 0 Å². The molecule has 1 amide bonds. The van der Waals surface area contributed by atoms with Gasteiger partial charge >= 0.3 is 6.18 Å². The number of hydrogen-bond acceptors (Lipinski definition) is 2. The van der Waals surface area contributed by atoms with Gasteiger partial charge in [-0.3, -0.25) is 9.20 Å². The molecule has 3 aromatic rings. The van der Waals surface area contributed by atoms with Gasteiger partial charge in [0.2, 0.25) is 0 Å². The zero-order valence-corrected chi connectivity index (χ0v) is 11.1. The highest BCUT2D eigenvalue weighted by Crippen LogP contribution is 2.32. The molecule has 0 saturated carbocycles. The SMILES string of the molecule is O=C(Nc1ccccc1)c1c(C(F)(F)F)nc2ccccn12. The van der Waals surface area contributed by atoms with Crippen LogP contribution in [0.5, 0.6) is 0 Å². The second-order valence-corrected chi connectivity index (χ2v) is 4.56. The molecule has 1 N–H and O–H groups in total. The van der Waals surface area contributed by atoms with E-state index < -0.39 is 23.5 Å². The predicted molar refractivity (Wildman–Crippen MR) is 74.6 cm³/mol. The first kappa shape index (κ1) is 14.1. The number of pyridine rings is 1. The summed E-state index contributed by atoms with van der Waals surface area (Å²) >= 11 is 0. The molecule has 0 radical (unpaired) electrons. The Morgan fingerprint density at radius 1 is 1.05 bits per heavy atom. The number of carbonyl (C=O) groups excluding carboxylic acids is 1. The van der Waals surface area contributed by atoms with Gasteiger partial charge in [0, 0.05) is 11.9 Å². The fourth-order valence-electron chi connectivity index (χ4n) is 2.12. The molecule has 3 rings (SSSR count). The van der Waals surface area contributed by atoms with Crippen LogP contribution in [0.1, 0.15) is 16.2 Å². The largest absolute Gasteiger partial charge is 0.435 e. The van der Waals surface area contributed by atoms with E-state index in [9.17, 15) is 18.0 Å². The predicted octanol–water partition coefficient (Wildman–Crippen LogP) is 3.61. The molecule has 22 heavy (non-hydrogen) atoms. The van der Waals surface area contributed by atoms with Crippen LogP contribution >= 0.6 is 0 Å². The van der Waals surface area contributed by atoms with E-state index in [2.05, 4.69) is 10.3 Å². The first-order valence-corrected chi connectivity index (χ1v) is 6.37. The van der Waals surface area contributed by atoms with E-state index in [1.165, 1.54) is 18.3 Å². The zero-order chi connectivity index (χ0) is 15.7. The third kappa shape index (κ3) is 2.52. The van der Waals surface area contributed by atoms with E-state index in [-0.39, 0.29) is 5.65 Å². The smallest absolute Gasteiger partial charge is 0.321 e. The first-order chi connectivity index (χ1) is 10.5. The lowest BCUT2D eigenvalue weighted by Gasteiger charge is -2.08. The summed E-state index contributed by atoms with van der Waals surface area (Å²) in [4.78, 5) is 15.8. The minimum atomic E-state index is -4.71. The van der Waals surface area contributed by atoms with Gasteiger partial charge in [0.1, 0.15) is 11.3 Å². The molecule has 0 aliphatic carbocycles. The topological polar surface area (TPSA) is 46.4 Å². The summed E-state index contributed by atoms with van der Waals surface area (Å²) < 4.78 is 40.5. The Morgan fingerprint density at radius 3 is 2.41 bits per heavy atom. The second kappa shape index (κ2) is 5.18. The Labute approximate surface area is 123 Å². The molecular weight excluding hydrogens is 295 g/mol. The number of imidazole rings is 1. The molecular formula is C15H10F3N3O. The molecule has 1 aromatic carbocycles. The van der Waals surface area contributed by atoms with E-state index >= 15 is 0 Å². The van der Waals surface area contributed by atoms with Gasteiger partial charge in [-0.25, -0.2) is 4.98 Å². The van der Waals surface area contributed by atoms with Crippen molar-refractivity contribution in [2.45, 2.75) is 6.18 Å². The number of fused-ring (bicyclic) bond motifs is 1. The molecule has 7 heteroatoms. The van der Waals surface area contributed by atoms with Crippen molar-refractivity contribution in [3.05, 3.63) is 66.1 Å². The Balaban J connectivity index is 2.10. The van der Waals surface area contributed by atoms with Gasteiger partial charge in [-0.1, -0.05) is 24.3 Å². The lowest BCUT2D eigenvalue weighted by atomic mass is 10.2. The molecule has 2 aromatic heterocycles. The number of para-hydroxylation sites is 1. The Hall–Kier alpha value is -2.83. The van der Waals surface area contributed by atoms with Gasteiger partial charge in [0.15, 0.2) is 5.69 Å². The second-order valence-electron chi connectivity index (χ2n) is 4.56. The van der Waals surface area contributed by atoms with Crippen LogP contribution in [0.25, 0.3) is 5.65 Å². The van der Waals surface area contributed by atoms with Crippen LogP contribution in [-0.4, -0.2) is 15.3 Å². The number of rotatable bonds is 2. The van der Waals surface area contributed by atoms with Gasteiger partial charge in [-0.15, -0.1) is 0 Å². The molecule has 0 fully saturated rings. The molecule has 2 heterocycles.